The number of carbonyl (C=O) groups excluding carboxylic acids is 1. The van der Waals surface area contributed by atoms with E-state index in [1.165, 1.54) is 18.2 Å². The average Bonchev–Trinajstić information content (AvgIpc) is 2.43. The molecule has 0 fully saturated rings. The van der Waals surface area contributed by atoms with Gasteiger partial charge in [0, 0.05) is 10.0 Å². The lowest BCUT2D eigenvalue weighted by molar-refractivity contribution is 0.102. The maximum atomic E-state index is 13.1. The van der Waals surface area contributed by atoms with Gasteiger partial charge in [0.2, 0.25) is 0 Å². The molecule has 1 N–H and O–H groups in total. The van der Waals surface area contributed by atoms with Gasteiger partial charge in [-0.2, -0.15) is 5.26 Å². The van der Waals surface area contributed by atoms with E-state index >= 15 is 0 Å². The molecule has 94 valence electrons. The van der Waals surface area contributed by atoms with Gasteiger partial charge in [-0.25, -0.2) is 4.39 Å². The second-order valence-electron chi connectivity index (χ2n) is 3.77. The Morgan fingerprint density at radius 2 is 1.89 bits per heavy atom. The maximum absolute atomic E-state index is 13.1. The average molecular weight is 319 g/mol. The molecule has 0 heterocycles. The number of carbonyl (C=O) groups is 1. The van der Waals surface area contributed by atoms with Crippen LogP contribution in [0.3, 0.4) is 0 Å². The normalized spacial score (nSPS) is 9.74. The molecule has 0 aliphatic carbocycles. The molecule has 0 bridgehead atoms. The standard InChI is InChI=1S/C14H8BrFN2O/c15-12-6-5-11(16)7-13(12)18-14(19)10-3-1-9(8-17)2-4-10/h1-7H,(H,18,19). The summed E-state index contributed by atoms with van der Waals surface area (Å²) < 4.78 is 13.7. The van der Waals surface area contributed by atoms with Crippen LogP contribution in [0.4, 0.5) is 10.1 Å². The first-order chi connectivity index (χ1) is 9.10. The van der Waals surface area contributed by atoms with Crippen molar-refractivity contribution in [3.63, 3.8) is 0 Å². The van der Waals surface area contributed by atoms with Crippen molar-refractivity contribution in [1.82, 2.24) is 0 Å². The Balaban J connectivity index is 2.21. The van der Waals surface area contributed by atoms with Crippen LogP contribution >= 0.6 is 15.9 Å². The number of amides is 1. The van der Waals surface area contributed by atoms with E-state index in [1.807, 2.05) is 6.07 Å². The van der Waals surface area contributed by atoms with Crippen LogP contribution in [0.15, 0.2) is 46.9 Å². The first kappa shape index (κ1) is 13.2. The Morgan fingerprint density at radius 3 is 2.53 bits per heavy atom. The van der Waals surface area contributed by atoms with Gasteiger partial charge in [-0.1, -0.05) is 0 Å². The maximum Gasteiger partial charge on any atom is 0.255 e. The highest BCUT2D eigenvalue weighted by Gasteiger charge is 2.09. The molecule has 1 amide bonds. The molecule has 0 saturated carbocycles. The van der Waals surface area contributed by atoms with Crippen molar-refractivity contribution in [3.05, 3.63) is 63.9 Å². The number of hydrogen-bond donors (Lipinski definition) is 1. The van der Waals surface area contributed by atoms with Gasteiger partial charge in [0.15, 0.2) is 0 Å². The van der Waals surface area contributed by atoms with Gasteiger partial charge in [0.1, 0.15) is 5.82 Å². The molecular formula is C14H8BrFN2O. The van der Waals surface area contributed by atoms with Gasteiger partial charge in [-0.05, 0) is 58.4 Å². The van der Waals surface area contributed by atoms with E-state index in [0.717, 1.165) is 0 Å². The third-order valence-corrected chi connectivity index (χ3v) is 3.14. The number of hydrogen-bond acceptors (Lipinski definition) is 2. The molecule has 0 atom stereocenters. The topological polar surface area (TPSA) is 52.9 Å². The van der Waals surface area contributed by atoms with Crippen LogP contribution in [0.5, 0.6) is 0 Å². The Kier molecular flexibility index (Phi) is 3.93. The summed E-state index contributed by atoms with van der Waals surface area (Å²) >= 11 is 3.23. The van der Waals surface area contributed by atoms with E-state index in [4.69, 9.17) is 5.26 Å². The monoisotopic (exact) mass is 318 g/mol. The summed E-state index contributed by atoms with van der Waals surface area (Å²) in [5.41, 5.74) is 1.23. The third-order valence-electron chi connectivity index (χ3n) is 2.45. The molecule has 0 unspecified atom stereocenters. The van der Waals surface area contributed by atoms with Crippen LogP contribution in [0.1, 0.15) is 15.9 Å². The number of nitrogens with zero attached hydrogens (tertiary/aromatic N) is 1. The lowest BCUT2D eigenvalue weighted by Gasteiger charge is -2.07. The number of benzene rings is 2. The fraction of sp³-hybridized carbons (Fsp3) is 0. The highest BCUT2D eigenvalue weighted by atomic mass is 79.9. The number of rotatable bonds is 2. The fourth-order valence-electron chi connectivity index (χ4n) is 1.48. The number of nitriles is 1. The smallest absolute Gasteiger partial charge is 0.255 e. The van der Waals surface area contributed by atoms with Gasteiger partial charge >= 0.3 is 0 Å². The Bertz CT molecular complexity index is 662. The molecule has 2 rings (SSSR count). The van der Waals surface area contributed by atoms with Gasteiger partial charge in [0.05, 0.1) is 17.3 Å². The molecule has 19 heavy (non-hydrogen) atoms. The van der Waals surface area contributed by atoms with Crippen molar-refractivity contribution in [1.29, 1.82) is 5.26 Å². The molecule has 2 aromatic rings. The highest BCUT2D eigenvalue weighted by molar-refractivity contribution is 9.10. The second-order valence-corrected chi connectivity index (χ2v) is 4.62. The Morgan fingerprint density at radius 1 is 1.21 bits per heavy atom. The lowest BCUT2D eigenvalue weighted by Crippen LogP contribution is -2.12. The van der Waals surface area contributed by atoms with Crippen molar-refractivity contribution in [3.8, 4) is 6.07 Å². The zero-order valence-corrected chi connectivity index (χ0v) is 11.2. The molecule has 0 spiro atoms. The summed E-state index contributed by atoms with van der Waals surface area (Å²) in [6, 6.07) is 12.2. The van der Waals surface area contributed by atoms with Crippen molar-refractivity contribution < 1.29 is 9.18 Å². The van der Waals surface area contributed by atoms with Crippen LogP contribution in [0.2, 0.25) is 0 Å². The molecule has 0 aromatic heterocycles. The Labute approximate surface area is 117 Å². The Hall–Kier alpha value is -2.19. The molecule has 0 aliphatic rings. The molecular weight excluding hydrogens is 311 g/mol. The van der Waals surface area contributed by atoms with Crippen LogP contribution in [0, 0.1) is 17.1 Å². The van der Waals surface area contributed by atoms with E-state index in [2.05, 4.69) is 21.2 Å². The van der Waals surface area contributed by atoms with Crippen LogP contribution in [-0.2, 0) is 0 Å². The summed E-state index contributed by atoms with van der Waals surface area (Å²) in [5.74, 6) is -0.797. The third kappa shape index (κ3) is 3.18. The summed E-state index contributed by atoms with van der Waals surface area (Å²) in [6.07, 6.45) is 0. The van der Waals surface area contributed by atoms with Gasteiger partial charge in [-0.3, -0.25) is 4.79 Å². The summed E-state index contributed by atoms with van der Waals surface area (Å²) in [6.45, 7) is 0. The van der Waals surface area contributed by atoms with Crippen molar-refractivity contribution in [2.24, 2.45) is 0 Å². The van der Waals surface area contributed by atoms with E-state index in [-0.39, 0.29) is 5.91 Å². The fourth-order valence-corrected chi connectivity index (χ4v) is 1.83. The van der Waals surface area contributed by atoms with E-state index < -0.39 is 5.82 Å². The van der Waals surface area contributed by atoms with Crippen LogP contribution in [0.25, 0.3) is 0 Å². The molecule has 5 heteroatoms. The number of nitrogens with one attached hydrogen (secondary N) is 1. The highest BCUT2D eigenvalue weighted by Crippen LogP contribution is 2.23. The van der Waals surface area contributed by atoms with E-state index in [1.54, 1.807) is 24.3 Å². The summed E-state index contributed by atoms with van der Waals surface area (Å²) in [5, 5.41) is 11.3. The molecule has 0 aliphatic heterocycles. The van der Waals surface area contributed by atoms with Crippen molar-refractivity contribution >= 4 is 27.5 Å². The molecule has 3 nitrogen and oxygen atoms in total. The predicted octanol–water partition coefficient (Wildman–Crippen LogP) is 3.71. The SMILES string of the molecule is N#Cc1ccc(C(=O)Nc2cc(F)ccc2Br)cc1. The minimum absolute atomic E-state index is 0.356. The van der Waals surface area contributed by atoms with Crippen LogP contribution in [-0.4, -0.2) is 5.91 Å². The van der Waals surface area contributed by atoms with Gasteiger partial charge in [0.25, 0.3) is 5.91 Å². The van der Waals surface area contributed by atoms with E-state index in [9.17, 15) is 9.18 Å². The minimum atomic E-state index is -0.432. The first-order valence-electron chi connectivity index (χ1n) is 5.37. The molecule has 0 radical (unpaired) electrons. The lowest BCUT2D eigenvalue weighted by atomic mass is 10.1. The summed E-state index contributed by atoms with van der Waals surface area (Å²) in [7, 11) is 0. The molecule has 0 saturated heterocycles. The summed E-state index contributed by atoms with van der Waals surface area (Å²) in [4.78, 5) is 11.9. The van der Waals surface area contributed by atoms with Crippen molar-refractivity contribution in [2.75, 3.05) is 5.32 Å². The molecule has 2 aromatic carbocycles. The van der Waals surface area contributed by atoms with Gasteiger partial charge < -0.3 is 5.32 Å². The largest absolute Gasteiger partial charge is 0.321 e. The predicted molar refractivity (Wildman–Crippen MR) is 73.2 cm³/mol. The number of anilines is 1. The van der Waals surface area contributed by atoms with Crippen molar-refractivity contribution in [2.45, 2.75) is 0 Å². The van der Waals surface area contributed by atoms with Gasteiger partial charge in [-0.15, -0.1) is 0 Å². The minimum Gasteiger partial charge on any atom is -0.321 e. The van der Waals surface area contributed by atoms with Crippen LogP contribution < -0.4 is 5.32 Å². The first-order valence-corrected chi connectivity index (χ1v) is 6.16. The zero-order chi connectivity index (χ0) is 13.8. The van der Waals surface area contributed by atoms with E-state index in [0.29, 0.717) is 21.3 Å². The number of halogens is 2. The quantitative estimate of drug-likeness (QED) is 0.917. The zero-order valence-electron chi connectivity index (χ0n) is 9.65. The second kappa shape index (κ2) is 5.63.